The van der Waals surface area contributed by atoms with E-state index in [1.165, 1.54) is 87.2 Å². The first-order valence-electron chi connectivity index (χ1n) is 20.5. The third kappa shape index (κ3) is 5.20. The van der Waals surface area contributed by atoms with Crippen molar-refractivity contribution in [3.8, 4) is 56.2 Å². The Morgan fingerprint density at radius 3 is 1.73 bits per heavy atom. The highest BCUT2D eigenvalue weighted by Crippen LogP contribution is 2.54. The molecular weight excluding hydrogens is 713 g/mol. The van der Waals surface area contributed by atoms with Crippen LogP contribution in [-0.4, -0.2) is 9.97 Å². The first kappa shape index (κ1) is 33.7. The number of aromatic nitrogens is 2. The van der Waals surface area contributed by atoms with Gasteiger partial charge in [0.05, 0.1) is 11.4 Å². The molecule has 59 heavy (non-hydrogen) atoms. The van der Waals surface area contributed by atoms with Crippen LogP contribution in [0.4, 0.5) is 0 Å². The Labute approximate surface area is 343 Å². The number of fused-ring (bicyclic) bond motifs is 10. The fourth-order valence-electron chi connectivity index (χ4n) is 9.89. The third-order valence-electron chi connectivity index (χ3n) is 12.9. The summed E-state index contributed by atoms with van der Waals surface area (Å²) in [5.41, 5.74) is 12.7. The second-order valence-electron chi connectivity index (χ2n) is 16.5. The molecule has 0 unspecified atom stereocenters. The molecule has 0 aliphatic heterocycles. The Bertz CT molecular complexity index is 3520. The lowest BCUT2D eigenvalue weighted by Crippen LogP contribution is -2.14. The number of hydrogen-bond acceptors (Lipinski definition) is 2. The van der Waals surface area contributed by atoms with E-state index in [-0.39, 0.29) is 5.41 Å². The average Bonchev–Trinajstić information content (AvgIpc) is 3.52. The zero-order valence-electron chi connectivity index (χ0n) is 32.9. The normalized spacial score (nSPS) is 13.1. The number of nitrogens with zero attached hydrogens (tertiary/aromatic N) is 2. The minimum atomic E-state index is -0.115. The Kier molecular flexibility index (Phi) is 7.31. The highest BCUT2D eigenvalue weighted by Gasteiger charge is 2.37. The van der Waals surface area contributed by atoms with Crippen LogP contribution in [0.2, 0.25) is 0 Å². The Hall–Kier alpha value is -7.42. The summed E-state index contributed by atoms with van der Waals surface area (Å²) in [4.78, 5) is 10.5. The smallest absolute Gasteiger partial charge is 0.160 e. The maximum atomic E-state index is 5.31. The van der Waals surface area contributed by atoms with Gasteiger partial charge in [0.25, 0.3) is 0 Å². The van der Waals surface area contributed by atoms with Crippen LogP contribution in [0.25, 0.3) is 110 Å². The van der Waals surface area contributed by atoms with E-state index >= 15 is 0 Å². The van der Waals surface area contributed by atoms with Gasteiger partial charge < -0.3 is 0 Å². The SMILES string of the molecule is CC1(C)c2cc3ccccc3cc2-c2c(-c3ccc(-c4cc(-c5ccc6c(ccc7c8ccccc8ccc67)c5)nc(-c5ccccc5)n4)c4ccccc34)cccc21. The lowest BCUT2D eigenvalue weighted by atomic mass is 9.81. The molecule has 0 saturated carbocycles. The molecule has 1 aromatic heterocycles. The number of hydrogen-bond donors (Lipinski definition) is 0. The van der Waals surface area contributed by atoms with Crippen molar-refractivity contribution in [1.29, 1.82) is 0 Å². The molecule has 0 bridgehead atoms. The summed E-state index contributed by atoms with van der Waals surface area (Å²) in [6.07, 6.45) is 0. The quantitative estimate of drug-likeness (QED) is 0.167. The molecule has 11 aromatic rings. The fourth-order valence-corrected chi connectivity index (χ4v) is 9.89. The minimum Gasteiger partial charge on any atom is -0.228 e. The summed E-state index contributed by atoms with van der Waals surface area (Å²) >= 11 is 0. The maximum absolute atomic E-state index is 5.31. The molecule has 1 heterocycles. The molecule has 2 nitrogen and oxygen atoms in total. The Balaban J connectivity index is 1.04. The number of rotatable bonds is 4. The number of benzene rings is 10. The van der Waals surface area contributed by atoms with E-state index in [1.807, 2.05) is 6.07 Å². The molecule has 1 aliphatic rings. The molecule has 0 N–H and O–H groups in total. The van der Waals surface area contributed by atoms with Crippen molar-refractivity contribution in [3.05, 3.63) is 205 Å². The molecule has 12 rings (SSSR count). The van der Waals surface area contributed by atoms with Gasteiger partial charge in [0.15, 0.2) is 5.82 Å². The van der Waals surface area contributed by atoms with Crippen LogP contribution in [0.1, 0.15) is 25.0 Å². The van der Waals surface area contributed by atoms with E-state index < -0.39 is 0 Å². The van der Waals surface area contributed by atoms with Gasteiger partial charge in [0.1, 0.15) is 0 Å². The molecule has 276 valence electrons. The molecule has 0 spiro atoms. The van der Waals surface area contributed by atoms with Gasteiger partial charge in [-0.3, -0.25) is 0 Å². The third-order valence-corrected chi connectivity index (χ3v) is 12.9. The van der Waals surface area contributed by atoms with Gasteiger partial charge in [-0.05, 0) is 112 Å². The van der Waals surface area contributed by atoms with Crippen molar-refractivity contribution in [2.45, 2.75) is 19.3 Å². The molecule has 1 aliphatic carbocycles. The molecule has 2 heteroatoms. The van der Waals surface area contributed by atoms with Crippen molar-refractivity contribution in [1.82, 2.24) is 9.97 Å². The van der Waals surface area contributed by atoms with E-state index in [4.69, 9.17) is 9.97 Å². The van der Waals surface area contributed by atoms with Crippen molar-refractivity contribution >= 4 is 53.9 Å². The summed E-state index contributed by atoms with van der Waals surface area (Å²) in [5, 5.41) is 12.4. The van der Waals surface area contributed by atoms with E-state index in [9.17, 15) is 0 Å². The van der Waals surface area contributed by atoms with Crippen LogP contribution >= 0.6 is 0 Å². The van der Waals surface area contributed by atoms with Gasteiger partial charge in [-0.25, -0.2) is 9.97 Å². The summed E-state index contributed by atoms with van der Waals surface area (Å²) in [6, 6.07) is 70.8. The second kappa shape index (κ2) is 12.8. The maximum Gasteiger partial charge on any atom is 0.160 e. The molecule has 0 fully saturated rings. The zero-order valence-corrected chi connectivity index (χ0v) is 32.9. The molecule has 10 aromatic carbocycles. The molecule has 0 atom stereocenters. The highest BCUT2D eigenvalue weighted by molar-refractivity contribution is 6.17. The van der Waals surface area contributed by atoms with Crippen LogP contribution in [0.5, 0.6) is 0 Å². The van der Waals surface area contributed by atoms with Crippen molar-refractivity contribution in [2.75, 3.05) is 0 Å². The van der Waals surface area contributed by atoms with Gasteiger partial charge in [0.2, 0.25) is 0 Å². The van der Waals surface area contributed by atoms with E-state index in [0.29, 0.717) is 5.82 Å². The summed E-state index contributed by atoms with van der Waals surface area (Å²) in [5.74, 6) is 0.711. The van der Waals surface area contributed by atoms with Gasteiger partial charge in [-0.1, -0.05) is 184 Å². The van der Waals surface area contributed by atoms with Crippen molar-refractivity contribution in [2.24, 2.45) is 0 Å². The van der Waals surface area contributed by atoms with Crippen LogP contribution in [0.15, 0.2) is 194 Å². The Morgan fingerprint density at radius 1 is 0.322 bits per heavy atom. The first-order chi connectivity index (χ1) is 29.0. The zero-order chi connectivity index (χ0) is 39.2. The lowest BCUT2D eigenvalue weighted by molar-refractivity contribution is 0.661. The van der Waals surface area contributed by atoms with Gasteiger partial charge in [0, 0.05) is 22.1 Å². The van der Waals surface area contributed by atoms with Crippen LogP contribution < -0.4 is 0 Å². The van der Waals surface area contributed by atoms with E-state index in [0.717, 1.165) is 28.1 Å². The Morgan fingerprint density at radius 2 is 0.932 bits per heavy atom. The lowest BCUT2D eigenvalue weighted by Gasteiger charge is -2.22. The standard InChI is InChI=1S/C57H38N2/c1-57(2)51-22-12-21-49(55(51)50-32-37-16-6-7-17-38(37)33-52(50)57)47-29-30-48(44-20-11-10-19-43(44)47)54-34-53(58-56(59-54)36-14-4-3-5-15-36)40-25-26-42-39(31-40)24-28-45-41-18-9-8-13-35(41)23-27-46(42)45/h3-34H,1-2H3. The predicted molar refractivity (Wildman–Crippen MR) is 249 cm³/mol. The van der Waals surface area contributed by atoms with Crippen LogP contribution in [0, 0.1) is 0 Å². The average molecular weight is 751 g/mol. The van der Waals surface area contributed by atoms with Gasteiger partial charge in [-0.2, -0.15) is 0 Å². The topological polar surface area (TPSA) is 25.8 Å². The van der Waals surface area contributed by atoms with E-state index in [2.05, 4.69) is 202 Å². The summed E-state index contributed by atoms with van der Waals surface area (Å²) in [7, 11) is 0. The van der Waals surface area contributed by atoms with Gasteiger partial charge >= 0.3 is 0 Å². The molecule has 0 amide bonds. The second-order valence-corrected chi connectivity index (χ2v) is 16.5. The van der Waals surface area contributed by atoms with Crippen molar-refractivity contribution < 1.29 is 0 Å². The monoisotopic (exact) mass is 750 g/mol. The van der Waals surface area contributed by atoms with Crippen molar-refractivity contribution in [3.63, 3.8) is 0 Å². The minimum absolute atomic E-state index is 0.115. The first-order valence-corrected chi connectivity index (χ1v) is 20.5. The summed E-state index contributed by atoms with van der Waals surface area (Å²) < 4.78 is 0. The van der Waals surface area contributed by atoms with Gasteiger partial charge in [-0.15, -0.1) is 0 Å². The molecule has 0 saturated heterocycles. The highest BCUT2D eigenvalue weighted by atomic mass is 14.9. The van der Waals surface area contributed by atoms with E-state index in [1.54, 1.807) is 0 Å². The van der Waals surface area contributed by atoms with Crippen LogP contribution in [0.3, 0.4) is 0 Å². The largest absolute Gasteiger partial charge is 0.228 e. The predicted octanol–water partition coefficient (Wildman–Crippen LogP) is 15.2. The summed E-state index contributed by atoms with van der Waals surface area (Å²) in [6.45, 7) is 4.74. The van der Waals surface area contributed by atoms with Crippen LogP contribution in [-0.2, 0) is 5.41 Å². The molecule has 0 radical (unpaired) electrons. The molecular formula is C57H38N2. The fraction of sp³-hybridized carbons (Fsp3) is 0.0526.